The monoisotopic (exact) mass is 442 g/mol. The highest BCUT2D eigenvalue weighted by Gasteiger charge is 2.15. The molecule has 1 amide bonds. The first kappa shape index (κ1) is 20.6. The predicted octanol–water partition coefficient (Wildman–Crippen LogP) is 3.68. The van der Waals surface area contributed by atoms with Gasteiger partial charge in [-0.25, -0.2) is 4.79 Å². The highest BCUT2D eigenvalue weighted by Crippen LogP contribution is 2.32. The van der Waals surface area contributed by atoms with Gasteiger partial charge in [0, 0.05) is 17.6 Å². The minimum absolute atomic E-state index is 0.136. The van der Waals surface area contributed by atoms with E-state index in [4.69, 9.17) is 9.47 Å². The molecule has 5 rings (SSSR count). The molecule has 8 nitrogen and oxygen atoms in total. The molecule has 8 heteroatoms. The van der Waals surface area contributed by atoms with Crippen LogP contribution < -0.4 is 25.8 Å². The van der Waals surface area contributed by atoms with Crippen molar-refractivity contribution in [3.63, 3.8) is 0 Å². The summed E-state index contributed by atoms with van der Waals surface area (Å²) in [5.41, 5.74) is 2.76. The van der Waals surface area contributed by atoms with Crippen molar-refractivity contribution >= 4 is 28.3 Å². The second-order valence-corrected chi connectivity index (χ2v) is 7.75. The number of fused-ring (bicyclic) bond motifs is 2. The number of anilines is 2. The molecule has 1 aliphatic heterocycles. The first-order chi connectivity index (χ1) is 16.1. The minimum Gasteiger partial charge on any atom is -0.454 e. The highest BCUT2D eigenvalue weighted by atomic mass is 16.7. The Kier molecular flexibility index (Phi) is 5.40. The van der Waals surface area contributed by atoms with Crippen LogP contribution in [-0.4, -0.2) is 22.3 Å². The number of ether oxygens (including phenoxy) is 2. The number of carbonyl (C=O) groups excluding carboxylic acids is 1. The molecule has 1 aromatic heterocycles. The molecule has 33 heavy (non-hydrogen) atoms. The number of carbonyl (C=O) groups is 1. The van der Waals surface area contributed by atoms with Gasteiger partial charge in [0.25, 0.3) is 0 Å². The molecule has 0 saturated carbocycles. The Labute approximate surface area is 189 Å². The molecule has 4 aromatic rings. The topological polar surface area (TPSA) is 94.5 Å². The van der Waals surface area contributed by atoms with Crippen molar-refractivity contribution in [1.29, 1.82) is 0 Å². The van der Waals surface area contributed by atoms with Gasteiger partial charge in [-0.3, -0.25) is 9.36 Å². The summed E-state index contributed by atoms with van der Waals surface area (Å²) < 4.78 is 12.2. The average molecular weight is 442 g/mol. The Morgan fingerprint density at radius 2 is 1.82 bits per heavy atom. The third-order valence-electron chi connectivity index (χ3n) is 5.51. The Morgan fingerprint density at radius 1 is 1.03 bits per heavy atom. The smallest absolute Gasteiger partial charge is 0.350 e. The molecule has 0 aliphatic carbocycles. The summed E-state index contributed by atoms with van der Waals surface area (Å²) in [7, 11) is 0. The van der Waals surface area contributed by atoms with E-state index in [1.807, 2.05) is 73.7 Å². The zero-order valence-corrected chi connectivity index (χ0v) is 18.0. The van der Waals surface area contributed by atoms with Crippen LogP contribution in [0.25, 0.3) is 10.9 Å². The maximum Gasteiger partial charge on any atom is 0.350 e. The van der Waals surface area contributed by atoms with Gasteiger partial charge in [0.2, 0.25) is 12.7 Å². The SMILES string of the molecule is Cc1ccccc1NC(=O)Cn1c(=O)nc(NCc2ccc3c(c2)OCO3)c2ccccc21. The Hall–Kier alpha value is -4.33. The number of aryl methyl sites for hydroxylation is 1. The predicted molar refractivity (Wildman–Crippen MR) is 126 cm³/mol. The minimum atomic E-state index is -0.498. The Morgan fingerprint density at radius 3 is 2.70 bits per heavy atom. The van der Waals surface area contributed by atoms with Crippen LogP contribution in [0.4, 0.5) is 11.5 Å². The summed E-state index contributed by atoms with van der Waals surface area (Å²) in [6, 6.07) is 20.6. The quantitative estimate of drug-likeness (QED) is 0.473. The maximum absolute atomic E-state index is 12.9. The van der Waals surface area contributed by atoms with Crippen molar-refractivity contribution in [2.45, 2.75) is 20.0 Å². The second-order valence-electron chi connectivity index (χ2n) is 7.75. The van der Waals surface area contributed by atoms with Crippen molar-refractivity contribution in [2.24, 2.45) is 0 Å². The van der Waals surface area contributed by atoms with Crippen molar-refractivity contribution < 1.29 is 14.3 Å². The number of nitrogens with one attached hydrogen (secondary N) is 2. The lowest BCUT2D eigenvalue weighted by Crippen LogP contribution is -2.30. The number of aromatic nitrogens is 2. The fourth-order valence-electron chi connectivity index (χ4n) is 3.80. The number of para-hydroxylation sites is 2. The summed E-state index contributed by atoms with van der Waals surface area (Å²) in [6.07, 6.45) is 0. The molecule has 166 valence electrons. The van der Waals surface area contributed by atoms with Crippen LogP contribution in [0.2, 0.25) is 0 Å². The van der Waals surface area contributed by atoms with E-state index in [1.54, 1.807) is 0 Å². The summed E-state index contributed by atoms with van der Waals surface area (Å²) >= 11 is 0. The van der Waals surface area contributed by atoms with Gasteiger partial charge in [-0.1, -0.05) is 36.4 Å². The van der Waals surface area contributed by atoms with Gasteiger partial charge in [-0.05, 0) is 48.4 Å². The number of hydrogen-bond donors (Lipinski definition) is 2. The highest BCUT2D eigenvalue weighted by molar-refractivity contribution is 5.94. The van der Waals surface area contributed by atoms with Gasteiger partial charge in [0.15, 0.2) is 11.5 Å². The van der Waals surface area contributed by atoms with Crippen LogP contribution in [0, 0.1) is 6.92 Å². The van der Waals surface area contributed by atoms with E-state index in [0.29, 0.717) is 29.4 Å². The number of hydrogen-bond acceptors (Lipinski definition) is 6. The van der Waals surface area contributed by atoms with Crippen LogP contribution in [-0.2, 0) is 17.9 Å². The average Bonchev–Trinajstić information content (AvgIpc) is 3.29. The standard InChI is InChI=1S/C25H22N4O4/c1-16-6-2-4-8-19(16)27-23(30)14-29-20-9-5-3-7-18(20)24(28-25(29)31)26-13-17-10-11-21-22(12-17)33-15-32-21/h2-12H,13-15H2,1H3,(H,27,30)(H,26,28,31). The third-order valence-corrected chi connectivity index (χ3v) is 5.51. The maximum atomic E-state index is 12.9. The van der Waals surface area contributed by atoms with Gasteiger partial charge in [-0.15, -0.1) is 0 Å². The number of rotatable bonds is 6. The van der Waals surface area contributed by atoms with Crippen LogP contribution >= 0.6 is 0 Å². The fourth-order valence-corrected chi connectivity index (χ4v) is 3.80. The van der Waals surface area contributed by atoms with E-state index in [-0.39, 0.29) is 19.2 Å². The largest absolute Gasteiger partial charge is 0.454 e. The van der Waals surface area contributed by atoms with Crippen LogP contribution in [0.5, 0.6) is 11.5 Å². The first-order valence-electron chi connectivity index (χ1n) is 10.6. The third kappa shape index (κ3) is 4.23. The number of amides is 1. The van der Waals surface area contributed by atoms with Crippen molar-refractivity contribution in [3.05, 3.63) is 88.3 Å². The van der Waals surface area contributed by atoms with E-state index in [2.05, 4.69) is 15.6 Å². The first-order valence-corrected chi connectivity index (χ1v) is 10.6. The van der Waals surface area contributed by atoms with Gasteiger partial charge >= 0.3 is 5.69 Å². The molecule has 0 saturated heterocycles. The lowest BCUT2D eigenvalue weighted by Gasteiger charge is -2.14. The molecule has 0 unspecified atom stereocenters. The molecule has 3 aromatic carbocycles. The van der Waals surface area contributed by atoms with Crippen molar-refractivity contribution in [2.75, 3.05) is 17.4 Å². The fraction of sp³-hybridized carbons (Fsp3) is 0.160. The molecule has 0 bridgehead atoms. The Bertz CT molecular complexity index is 1410. The Balaban J connectivity index is 1.39. The van der Waals surface area contributed by atoms with E-state index < -0.39 is 5.69 Å². The normalized spacial score (nSPS) is 12.0. The molecule has 0 fully saturated rings. The van der Waals surface area contributed by atoms with Gasteiger partial charge in [-0.2, -0.15) is 4.98 Å². The summed E-state index contributed by atoms with van der Waals surface area (Å²) in [5, 5.41) is 6.86. The van der Waals surface area contributed by atoms with Gasteiger partial charge < -0.3 is 20.1 Å². The lowest BCUT2D eigenvalue weighted by atomic mass is 10.2. The molecule has 2 heterocycles. The van der Waals surface area contributed by atoms with Crippen LogP contribution in [0.3, 0.4) is 0 Å². The summed E-state index contributed by atoms with van der Waals surface area (Å²) in [5.74, 6) is 1.58. The molecule has 0 atom stereocenters. The second kappa shape index (κ2) is 8.66. The molecular formula is C25H22N4O4. The molecule has 2 N–H and O–H groups in total. The van der Waals surface area contributed by atoms with Gasteiger partial charge in [0.1, 0.15) is 12.4 Å². The zero-order valence-electron chi connectivity index (χ0n) is 18.0. The molecule has 1 aliphatic rings. The van der Waals surface area contributed by atoms with E-state index >= 15 is 0 Å². The van der Waals surface area contributed by atoms with Crippen molar-refractivity contribution in [3.8, 4) is 11.5 Å². The summed E-state index contributed by atoms with van der Waals surface area (Å²) in [6.45, 7) is 2.45. The van der Waals surface area contributed by atoms with E-state index in [0.717, 1.165) is 22.2 Å². The lowest BCUT2D eigenvalue weighted by molar-refractivity contribution is -0.116. The molecule has 0 radical (unpaired) electrons. The zero-order chi connectivity index (χ0) is 22.8. The van der Waals surface area contributed by atoms with Crippen LogP contribution in [0.15, 0.2) is 71.5 Å². The molecule has 0 spiro atoms. The van der Waals surface area contributed by atoms with E-state index in [9.17, 15) is 9.59 Å². The van der Waals surface area contributed by atoms with Crippen molar-refractivity contribution in [1.82, 2.24) is 9.55 Å². The van der Waals surface area contributed by atoms with Gasteiger partial charge in [0.05, 0.1) is 5.52 Å². The number of benzene rings is 3. The summed E-state index contributed by atoms with van der Waals surface area (Å²) in [4.78, 5) is 29.8. The number of nitrogens with zero attached hydrogens (tertiary/aromatic N) is 2. The molecular weight excluding hydrogens is 420 g/mol. The van der Waals surface area contributed by atoms with Crippen LogP contribution in [0.1, 0.15) is 11.1 Å². The van der Waals surface area contributed by atoms with E-state index in [1.165, 1.54) is 4.57 Å².